The van der Waals surface area contributed by atoms with Crippen LogP contribution >= 0.6 is 47.8 Å². The Morgan fingerprint density at radius 2 is 1.32 bits per heavy atom. The number of rotatable bonds is 6. The van der Waals surface area contributed by atoms with E-state index in [9.17, 15) is 18.4 Å². The molecule has 4 aromatic rings. The molecule has 0 bridgehead atoms. The van der Waals surface area contributed by atoms with Crippen LogP contribution in [0.4, 0.5) is 26.1 Å². The zero-order valence-corrected chi connectivity index (χ0v) is 30.3. The molecule has 9 nitrogen and oxygen atoms in total. The molecule has 2 atom stereocenters. The first-order valence-electron chi connectivity index (χ1n) is 14.4. The molecular formula is C33H32Br3F2N5O4. The van der Waals surface area contributed by atoms with E-state index in [1.807, 2.05) is 24.3 Å². The van der Waals surface area contributed by atoms with E-state index in [0.717, 1.165) is 39.7 Å². The number of carbonyl (C=O) groups excluding carboxylic acids is 2. The van der Waals surface area contributed by atoms with E-state index in [0.29, 0.717) is 36.0 Å². The molecular weight excluding hydrogens is 808 g/mol. The number of methoxy groups -OCH3 is 2. The molecule has 6 rings (SSSR count). The van der Waals surface area contributed by atoms with Gasteiger partial charge in [-0.2, -0.15) is 0 Å². The summed E-state index contributed by atoms with van der Waals surface area (Å²) in [5, 5.41) is 0. The van der Waals surface area contributed by atoms with E-state index in [-0.39, 0.29) is 34.2 Å². The molecule has 4 heterocycles. The van der Waals surface area contributed by atoms with Crippen LogP contribution in [0.2, 0.25) is 0 Å². The number of nitrogens with two attached hydrogens (primary N) is 1. The summed E-state index contributed by atoms with van der Waals surface area (Å²) in [4.78, 5) is 36.0. The van der Waals surface area contributed by atoms with E-state index in [1.165, 1.54) is 38.5 Å². The first-order valence-corrected chi connectivity index (χ1v) is 16.9. The molecule has 2 aromatic carbocycles. The molecule has 2 N–H and O–H groups in total. The number of nitrogens with zero attached hydrogens (tertiary/aromatic N) is 4. The Labute approximate surface area is 296 Å². The Bertz CT molecular complexity index is 1660. The van der Waals surface area contributed by atoms with Crippen LogP contribution in [0.25, 0.3) is 0 Å². The lowest BCUT2D eigenvalue weighted by Crippen LogP contribution is -2.28. The third kappa shape index (κ3) is 10.2. The molecule has 2 fully saturated rings. The summed E-state index contributed by atoms with van der Waals surface area (Å²) in [5.41, 5.74) is 6.46. The number of hydrogen-bond acceptors (Lipinski definition) is 7. The highest BCUT2D eigenvalue weighted by Gasteiger charge is 2.33. The fraction of sp³-hybridized carbons (Fsp3) is 0.273. The van der Waals surface area contributed by atoms with Crippen LogP contribution < -0.4 is 25.0 Å². The first-order chi connectivity index (χ1) is 22.5. The van der Waals surface area contributed by atoms with Crippen molar-refractivity contribution in [1.82, 2.24) is 9.97 Å². The molecule has 14 heteroatoms. The van der Waals surface area contributed by atoms with Crippen LogP contribution in [0.15, 0.2) is 82.0 Å². The SMILES string of the molecule is COc1cc(F)cc(CC2CCN(c3ccc(Br)cn3)C2=O)c1.COc1cc(N)cc(F)c1.O=C1C(Br)CCN1c1ccc(Br)cn1. The van der Waals surface area contributed by atoms with Gasteiger partial charge in [-0.05, 0) is 99.2 Å². The molecule has 0 radical (unpaired) electrons. The van der Waals surface area contributed by atoms with Gasteiger partial charge in [-0.3, -0.25) is 19.4 Å². The van der Waals surface area contributed by atoms with Crippen LogP contribution in [-0.2, 0) is 16.0 Å². The molecule has 2 aliphatic rings. The highest BCUT2D eigenvalue weighted by molar-refractivity contribution is 9.10. The average molecular weight is 840 g/mol. The van der Waals surface area contributed by atoms with Gasteiger partial charge in [0.2, 0.25) is 11.8 Å². The number of carbonyl (C=O) groups is 2. The lowest BCUT2D eigenvalue weighted by atomic mass is 9.98. The smallest absolute Gasteiger partial charge is 0.241 e. The third-order valence-corrected chi connectivity index (χ3v) is 9.00. The summed E-state index contributed by atoms with van der Waals surface area (Å²) in [6, 6.07) is 16.0. The maximum absolute atomic E-state index is 13.6. The van der Waals surface area contributed by atoms with Crippen molar-refractivity contribution in [2.75, 3.05) is 42.8 Å². The highest BCUT2D eigenvalue weighted by Crippen LogP contribution is 2.29. The van der Waals surface area contributed by atoms with Crippen molar-refractivity contribution in [2.24, 2.45) is 5.92 Å². The summed E-state index contributed by atoms with van der Waals surface area (Å²) in [6.45, 7) is 1.37. The van der Waals surface area contributed by atoms with E-state index in [2.05, 4.69) is 57.8 Å². The van der Waals surface area contributed by atoms with Crippen molar-refractivity contribution >= 4 is 76.9 Å². The predicted octanol–water partition coefficient (Wildman–Crippen LogP) is 7.35. The van der Waals surface area contributed by atoms with Crippen molar-refractivity contribution in [3.63, 3.8) is 0 Å². The van der Waals surface area contributed by atoms with Gasteiger partial charge in [0.1, 0.15) is 34.8 Å². The average Bonchev–Trinajstić information content (AvgIpc) is 3.58. The number of pyridine rings is 2. The molecule has 2 saturated heterocycles. The van der Waals surface area contributed by atoms with Crippen molar-refractivity contribution in [3.8, 4) is 11.5 Å². The van der Waals surface area contributed by atoms with Crippen molar-refractivity contribution in [1.29, 1.82) is 0 Å². The molecule has 2 amide bonds. The van der Waals surface area contributed by atoms with Crippen molar-refractivity contribution in [3.05, 3.63) is 99.2 Å². The minimum absolute atomic E-state index is 0.0306. The number of anilines is 3. The number of amides is 2. The number of ether oxygens (including phenoxy) is 2. The molecule has 2 unspecified atom stereocenters. The van der Waals surface area contributed by atoms with Gasteiger partial charge >= 0.3 is 0 Å². The number of aromatic nitrogens is 2. The second-order valence-corrected chi connectivity index (χ2v) is 13.5. The maximum atomic E-state index is 13.6. The van der Waals surface area contributed by atoms with Gasteiger partial charge in [0, 0.05) is 64.2 Å². The second kappa shape index (κ2) is 17.0. The second-order valence-electron chi connectivity index (χ2n) is 10.5. The molecule has 0 saturated carbocycles. The van der Waals surface area contributed by atoms with Gasteiger partial charge in [-0.25, -0.2) is 18.7 Å². The zero-order valence-electron chi connectivity index (χ0n) is 25.5. The van der Waals surface area contributed by atoms with Gasteiger partial charge in [-0.15, -0.1) is 0 Å². The molecule has 2 aliphatic heterocycles. The highest BCUT2D eigenvalue weighted by atomic mass is 79.9. The number of benzene rings is 2. The fourth-order valence-corrected chi connectivity index (χ4v) is 5.85. The minimum Gasteiger partial charge on any atom is -0.497 e. The summed E-state index contributed by atoms with van der Waals surface area (Å²) in [5.74, 6) is 1.52. The number of hydrogen-bond donors (Lipinski definition) is 1. The van der Waals surface area contributed by atoms with Gasteiger partial charge in [0.05, 0.1) is 19.0 Å². The number of alkyl halides is 1. The van der Waals surface area contributed by atoms with Gasteiger partial charge in [0.25, 0.3) is 0 Å². The fourth-order valence-electron chi connectivity index (χ4n) is 4.93. The molecule has 248 valence electrons. The molecule has 0 spiro atoms. The van der Waals surface area contributed by atoms with Crippen LogP contribution in [0.1, 0.15) is 18.4 Å². The largest absolute Gasteiger partial charge is 0.497 e. The zero-order chi connectivity index (χ0) is 34.1. The molecule has 2 aromatic heterocycles. The maximum Gasteiger partial charge on any atom is 0.241 e. The summed E-state index contributed by atoms with van der Waals surface area (Å²) in [7, 11) is 2.97. The van der Waals surface area contributed by atoms with Gasteiger partial charge < -0.3 is 15.2 Å². The summed E-state index contributed by atoms with van der Waals surface area (Å²) in [6.07, 6.45) is 5.45. The van der Waals surface area contributed by atoms with Gasteiger partial charge in [0.15, 0.2) is 0 Å². The standard InChI is InChI=1S/C17H16BrFN2O2.C9H8Br2N2O.C7H8FNO/c1-23-15-8-11(7-14(19)9-15)6-12-4-5-21(17(12)22)16-3-2-13(18)10-20-16;10-6-1-2-8(12-5-6)13-4-3-7(11)9(13)14;1-10-7-3-5(8)2-6(9)4-7/h2-3,7-10,12H,4-6H2,1H3;1-2,5,7H,3-4H2;2-4H,9H2,1H3. The minimum atomic E-state index is -0.378. The van der Waals surface area contributed by atoms with Crippen LogP contribution in [0.3, 0.4) is 0 Å². The monoisotopic (exact) mass is 837 g/mol. The Balaban J connectivity index is 0.000000177. The summed E-state index contributed by atoms with van der Waals surface area (Å²) >= 11 is 9.97. The topological polar surface area (TPSA) is 111 Å². The van der Waals surface area contributed by atoms with E-state index < -0.39 is 0 Å². The van der Waals surface area contributed by atoms with Crippen molar-refractivity contribution in [2.45, 2.75) is 24.1 Å². The van der Waals surface area contributed by atoms with Crippen LogP contribution in [-0.4, -0.2) is 53.9 Å². The Hall–Kier alpha value is -3.62. The Kier molecular flexibility index (Phi) is 13.1. The van der Waals surface area contributed by atoms with E-state index >= 15 is 0 Å². The molecule has 47 heavy (non-hydrogen) atoms. The Morgan fingerprint density at radius 1 is 0.787 bits per heavy atom. The Morgan fingerprint density at radius 3 is 1.81 bits per heavy atom. The van der Waals surface area contributed by atoms with Crippen LogP contribution in [0.5, 0.6) is 11.5 Å². The van der Waals surface area contributed by atoms with Crippen LogP contribution in [0, 0.1) is 17.6 Å². The summed E-state index contributed by atoms with van der Waals surface area (Å²) < 4.78 is 37.7. The first kappa shape index (κ1) is 36.2. The van der Waals surface area contributed by atoms with E-state index in [4.69, 9.17) is 15.2 Å². The van der Waals surface area contributed by atoms with Gasteiger partial charge in [-0.1, -0.05) is 15.9 Å². The normalized spacial score (nSPS) is 17.1. The predicted molar refractivity (Wildman–Crippen MR) is 188 cm³/mol. The lowest BCUT2D eigenvalue weighted by Gasteiger charge is -2.16. The van der Waals surface area contributed by atoms with E-state index in [1.54, 1.807) is 34.3 Å². The third-order valence-electron chi connectivity index (χ3n) is 7.21. The molecule has 0 aliphatic carbocycles. The number of nitrogen functional groups attached to an aromatic ring is 1. The lowest BCUT2D eigenvalue weighted by molar-refractivity contribution is -0.120. The van der Waals surface area contributed by atoms with Crippen molar-refractivity contribution < 1.29 is 27.8 Å². The number of halogens is 5. The quantitative estimate of drug-likeness (QED) is 0.160.